The Morgan fingerprint density at radius 2 is 2.00 bits per heavy atom. The van der Waals surface area contributed by atoms with Crippen LogP contribution in [0, 0.1) is 11.8 Å². The fraction of sp³-hybridized carbons (Fsp3) is 0.739. The number of hydrogen-bond donors (Lipinski definition) is 5. The molecule has 5 aliphatic rings. The molecule has 5 N–H and O–H groups in total. The van der Waals surface area contributed by atoms with E-state index in [2.05, 4.69) is 21.3 Å². The summed E-state index contributed by atoms with van der Waals surface area (Å²) in [7, 11) is 1.68. The van der Waals surface area contributed by atoms with E-state index in [0.29, 0.717) is 23.9 Å². The average Bonchev–Trinajstić information content (AvgIpc) is 3.58. The lowest BCUT2D eigenvalue weighted by molar-refractivity contribution is -0.158. The highest BCUT2D eigenvalue weighted by molar-refractivity contribution is 8.03. The second kappa shape index (κ2) is 9.38. The number of nitrogens with one attached hydrogen (secondary N) is 4. The van der Waals surface area contributed by atoms with Gasteiger partial charge in [-0.1, -0.05) is 6.92 Å². The monoisotopic (exact) mass is 506 g/mol. The SMILES string of the molecule is CNCC(=O)N[C@H](C)[C@H]1C(=O)N2C(C(=O)O)=C(S[C@@H]3CN[C@H](C(=O)N4CC5CC4CN5)C3)[C@H](C)[C@H]12. The molecule has 0 aromatic heterocycles. The van der Waals surface area contributed by atoms with Crippen LogP contribution in [0.15, 0.2) is 10.6 Å². The number of nitrogens with zero attached hydrogens (tertiary/aromatic N) is 2. The molecule has 3 amide bonds. The van der Waals surface area contributed by atoms with Crippen molar-refractivity contribution in [2.45, 2.75) is 62.1 Å². The number of hydrogen-bond acceptors (Lipinski definition) is 8. The van der Waals surface area contributed by atoms with Crippen molar-refractivity contribution < 1.29 is 24.3 Å². The van der Waals surface area contributed by atoms with E-state index < -0.39 is 17.9 Å². The molecule has 8 atom stereocenters. The maximum absolute atomic E-state index is 13.1. The van der Waals surface area contributed by atoms with Crippen LogP contribution in [0.1, 0.15) is 26.7 Å². The summed E-state index contributed by atoms with van der Waals surface area (Å²) in [6.45, 7) is 6.13. The molecular weight excluding hydrogens is 472 g/mol. The van der Waals surface area contributed by atoms with Gasteiger partial charge in [0.05, 0.1) is 24.5 Å². The Morgan fingerprint density at radius 1 is 1.23 bits per heavy atom. The summed E-state index contributed by atoms with van der Waals surface area (Å²) in [6, 6.07) is -0.267. The predicted octanol–water partition coefficient (Wildman–Crippen LogP) is -1.48. The number of likely N-dealkylation sites (N-methyl/N-ethyl adjacent to an activating group) is 1. The smallest absolute Gasteiger partial charge is 0.353 e. The summed E-state index contributed by atoms with van der Waals surface area (Å²) in [4.78, 5) is 54.4. The number of thioether (sulfide) groups is 1. The van der Waals surface area contributed by atoms with Crippen LogP contribution in [-0.4, -0.2) is 107 Å². The molecule has 0 spiro atoms. The fourth-order valence-electron chi connectivity index (χ4n) is 6.44. The van der Waals surface area contributed by atoms with Crippen molar-refractivity contribution in [3.05, 3.63) is 10.6 Å². The van der Waals surface area contributed by atoms with Crippen molar-refractivity contribution >= 4 is 35.5 Å². The highest BCUT2D eigenvalue weighted by Gasteiger charge is 2.60. The minimum atomic E-state index is -1.11. The lowest BCUT2D eigenvalue weighted by Gasteiger charge is -2.47. The van der Waals surface area contributed by atoms with Gasteiger partial charge in [0.1, 0.15) is 5.70 Å². The first-order valence-electron chi connectivity index (χ1n) is 12.4. The van der Waals surface area contributed by atoms with E-state index in [-0.39, 0.29) is 59.3 Å². The summed E-state index contributed by atoms with van der Waals surface area (Å²) in [5.74, 6) is -2.06. The molecule has 11 nitrogen and oxygen atoms in total. The van der Waals surface area contributed by atoms with E-state index in [1.54, 1.807) is 14.0 Å². The number of likely N-dealkylation sites (tertiary alicyclic amines) is 1. The summed E-state index contributed by atoms with van der Waals surface area (Å²) in [6.07, 6.45) is 1.65. The molecule has 0 aromatic rings. The van der Waals surface area contributed by atoms with Gasteiger partial charge in [-0.2, -0.15) is 0 Å². The van der Waals surface area contributed by atoms with Gasteiger partial charge in [0.2, 0.25) is 17.7 Å². The summed E-state index contributed by atoms with van der Waals surface area (Å²) in [5.41, 5.74) is 0.0557. The van der Waals surface area contributed by atoms with E-state index in [1.807, 2.05) is 11.8 Å². The highest BCUT2D eigenvalue weighted by Crippen LogP contribution is 2.51. The molecule has 2 unspecified atom stereocenters. The number of rotatable bonds is 8. The van der Waals surface area contributed by atoms with E-state index >= 15 is 0 Å². The summed E-state index contributed by atoms with van der Waals surface area (Å²) < 4.78 is 0. The number of carbonyl (C=O) groups excluding carboxylic acids is 3. The van der Waals surface area contributed by atoms with Gasteiger partial charge in [-0.3, -0.25) is 14.4 Å². The van der Waals surface area contributed by atoms with Crippen LogP contribution in [0.5, 0.6) is 0 Å². The minimum Gasteiger partial charge on any atom is -0.477 e. The summed E-state index contributed by atoms with van der Waals surface area (Å²) in [5, 5.41) is 22.4. The van der Waals surface area contributed by atoms with Crippen LogP contribution in [0.4, 0.5) is 0 Å². The molecule has 5 rings (SSSR count). The van der Waals surface area contributed by atoms with Gasteiger partial charge >= 0.3 is 5.97 Å². The van der Waals surface area contributed by atoms with Gasteiger partial charge in [-0.05, 0) is 26.8 Å². The Morgan fingerprint density at radius 3 is 2.63 bits per heavy atom. The second-order valence-corrected chi connectivity index (χ2v) is 11.7. The quantitative estimate of drug-likeness (QED) is 0.249. The molecule has 0 aromatic carbocycles. The second-order valence-electron chi connectivity index (χ2n) is 10.3. The number of β-lactam (4-membered cyclic amide) rings is 1. The largest absolute Gasteiger partial charge is 0.477 e. The number of amides is 3. The van der Waals surface area contributed by atoms with Gasteiger partial charge in [0, 0.05) is 53.8 Å². The first kappa shape index (κ1) is 24.5. The molecule has 0 saturated carbocycles. The van der Waals surface area contributed by atoms with Crippen molar-refractivity contribution in [1.29, 1.82) is 0 Å². The zero-order chi connectivity index (χ0) is 25.0. The molecule has 0 radical (unpaired) electrons. The zero-order valence-electron chi connectivity index (χ0n) is 20.2. The standard InChI is InChI=1S/C23H34N6O5S/c1-10-18-17(11(2)27-16(30)8-24-3)22(32)29(18)19(23(33)34)20(10)35-14-5-15(26-7-14)21(31)28-9-12-4-13(28)6-25-12/h10-15,17-18,24-26H,4-9H2,1-3H3,(H,27,30)(H,33,34)/t10-,11-,12?,13?,14+,15+,17-,18-/m1/s1. The van der Waals surface area contributed by atoms with Crippen molar-refractivity contribution in [3.8, 4) is 0 Å². The molecule has 192 valence electrons. The third-order valence-corrected chi connectivity index (χ3v) is 9.59. The average molecular weight is 507 g/mol. The van der Waals surface area contributed by atoms with Gasteiger partial charge in [0.25, 0.3) is 0 Å². The predicted molar refractivity (Wildman–Crippen MR) is 129 cm³/mol. The number of carboxylic acid groups (broad SMARTS) is 1. The maximum Gasteiger partial charge on any atom is 0.353 e. The first-order valence-corrected chi connectivity index (χ1v) is 13.3. The van der Waals surface area contributed by atoms with Crippen molar-refractivity contribution in [2.75, 3.05) is 33.2 Å². The molecule has 35 heavy (non-hydrogen) atoms. The van der Waals surface area contributed by atoms with E-state index in [4.69, 9.17) is 0 Å². The van der Waals surface area contributed by atoms with Gasteiger partial charge < -0.3 is 36.2 Å². The lowest BCUT2D eigenvalue weighted by Crippen LogP contribution is -2.66. The fourth-order valence-corrected chi connectivity index (χ4v) is 7.92. The molecule has 12 heteroatoms. The zero-order valence-corrected chi connectivity index (χ0v) is 21.1. The van der Waals surface area contributed by atoms with Crippen LogP contribution in [-0.2, 0) is 19.2 Å². The van der Waals surface area contributed by atoms with Gasteiger partial charge in [-0.15, -0.1) is 11.8 Å². The Hall–Kier alpha value is -2.15. The van der Waals surface area contributed by atoms with E-state index in [9.17, 15) is 24.3 Å². The minimum absolute atomic E-state index is 0.0497. The first-order chi connectivity index (χ1) is 16.7. The number of aliphatic carboxylic acids is 1. The van der Waals surface area contributed by atoms with Crippen LogP contribution in [0.2, 0.25) is 0 Å². The molecule has 0 aliphatic carbocycles. The molecule has 5 aliphatic heterocycles. The Labute approximate surface area is 208 Å². The number of carboxylic acids is 1. The Bertz CT molecular complexity index is 974. The highest BCUT2D eigenvalue weighted by atomic mass is 32.2. The van der Waals surface area contributed by atoms with Crippen LogP contribution in [0.25, 0.3) is 0 Å². The van der Waals surface area contributed by atoms with Gasteiger partial charge in [-0.25, -0.2) is 4.79 Å². The lowest BCUT2D eigenvalue weighted by atomic mass is 9.78. The van der Waals surface area contributed by atoms with Crippen LogP contribution in [0.3, 0.4) is 0 Å². The van der Waals surface area contributed by atoms with E-state index in [0.717, 1.165) is 19.5 Å². The van der Waals surface area contributed by atoms with Crippen molar-refractivity contribution in [2.24, 2.45) is 11.8 Å². The third kappa shape index (κ3) is 4.13. The number of piperazine rings is 1. The Kier molecular flexibility index (Phi) is 6.58. The normalized spacial score (nSPS) is 36.4. The molecule has 2 bridgehead atoms. The number of carbonyl (C=O) groups is 4. The summed E-state index contributed by atoms with van der Waals surface area (Å²) >= 11 is 1.49. The topological polar surface area (TPSA) is 143 Å². The number of fused-ring (bicyclic) bond motifs is 3. The van der Waals surface area contributed by atoms with Crippen molar-refractivity contribution in [1.82, 2.24) is 31.1 Å². The molecule has 4 fully saturated rings. The Balaban J connectivity index is 1.25. The maximum atomic E-state index is 13.1. The van der Waals surface area contributed by atoms with Crippen LogP contribution < -0.4 is 21.3 Å². The van der Waals surface area contributed by atoms with Crippen molar-refractivity contribution in [3.63, 3.8) is 0 Å². The molecule has 4 saturated heterocycles. The van der Waals surface area contributed by atoms with Gasteiger partial charge in [0.15, 0.2) is 0 Å². The molecular formula is C23H34N6O5S. The van der Waals surface area contributed by atoms with Crippen LogP contribution >= 0.6 is 11.8 Å². The third-order valence-electron chi connectivity index (χ3n) is 8.08. The van der Waals surface area contributed by atoms with E-state index in [1.165, 1.54) is 16.7 Å². The molecule has 5 heterocycles.